The molecule has 0 aliphatic carbocycles. The molecule has 3 heteroatoms. The molecule has 0 amide bonds. The van der Waals surface area contributed by atoms with Gasteiger partial charge in [-0.05, 0) is 24.1 Å². The lowest BCUT2D eigenvalue weighted by molar-refractivity contribution is 0.438. The topological polar surface area (TPSA) is 56.8 Å². The van der Waals surface area contributed by atoms with Crippen LogP contribution in [0.2, 0.25) is 0 Å². The molecule has 0 fully saturated rings. The summed E-state index contributed by atoms with van der Waals surface area (Å²) in [6.07, 6.45) is 5.62. The van der Waals surface area contributed by atoms with Crippen molar-refractivity contribution in [2.24, 2.45) is 5.92 Å². The Hall–Kier alpha value is -2.78. The van der Waals surface area contributed by atoms with Gasteiger partial charge in [-0.3, -0.25) is 0 Å². The summed E-state index contributed by atoms with van der Waals surface area (Å²) in [4.78, 5) is 0. The van der Waals surface area contributed by atoms with Crippen LogP contribution in [0, 0.1) is 28.6 Å². The van der Waals surface area contributed by atoms with Crippen molar-refractivity contribution in [3.05, 3.63) is 59.4 Å². The minimum atomic E-state index is 0.0937. The van der Waals surface area contributed by atoms with Gasteiger partial charge in [0.1, 0.15) is 29.2 Å². The normalized spacial score (nSPS) is 13.2. The summed E-state index contributed by atoms with van der Waals surface area (Å²) in [5.41, 5.74) is 1.48. The van der Waals surface area contributed by atoms with Crippen LogP contribution in [0.4, 0.5) is 0 Å². The predicted molar refractivity (Wildman–Crippen MR) is 77.3 cm³/mol. The van der Waals surface area contributed by atoms with Crippen molar-refractivity contribution in [3.63, 3.8) is 0 Å². The van der Waals surface area contributed by atoms with Crippen molar-refractivity contribution in [2.45, 2.75) is 13.8 Å². The van der Waals surface area contributed by atoms with Gasteiger partial charge in [0.15, 0.2) is 0 Å². The number of hydrogen-bond acceptors (Lipinski definition) is 3. The van der Waals surface area contributed by atoms with Gasteiger partial charge in [0.05, 0.1) is 0 Å². The van der Waals surface area contributed by atoms with Gasteiger partial charge in [0.25, 0.3) is 0 Å². The highest BCUT2D eigenvalue weighted by molar-refractivity contribution is 5.86. The average molecular weight is 262 g/mol. The molecule has 3 nitrogen and oxygen atoms in total. The molecule has 1 aliphatic rings. The molecule has 0 bridgehead atoms. The summed E-state index contributed by atoms with van der Waals surface area (Å²) in [5.74, 6) is 1.70. The number of hydrogen-bond donors (Lipinski definition) is 0. The van der Waals surface area contributed by atoms with Crippen molar-refractivity contribution in [1.29, 1.82) is 10.5 Å². The maximum Gasteiger partial charge on any atom is 0.137 e. The average Bonchev–Trinajstić information content (AvgIpc) is 2.46. The SMILES string of the molecule is CC(C)/C=C/C1=CC(=C(C#N)C#N)c2ccccc2O1. The molecule has 1 aliphatic heterocycles. The van der Waals surface area contributed by atoms with Crippen molar-refractivity contribution in [3.8, 4) is 17.9 Å². The second-order valence-corrected chi connectivity index (χ2v) is 4.76. The van der Waals surface area contributed by atoms with E-state index in [0.717, 1.165) is 5.56 Å². The van der Waals surface area contributed by atoms with Gasteiger partial charge in [-0.1, -0.05) is 38.1 Å². The Morgan fingerprint density at radius 3 is 2.55 bits per heavy atom. The van der Waals surface area contributed by atoms with Gasteiger partial charge >= 0.3 is 0 Å². The third-order valence-electron chi connectivity index (χ3n) is 2.83. The number of fused-ring (bicyclic) bond motifs is 1. The van der Waals surface area contributed by atoms with E-state index in [1.54, 1.807) is 6.08 Å². The smallest absolute Gasteiger partial charge is 0.137 e. The Morgan fingerprint density at radius 2 is 1.90 bits per heavy atom. The van der Waals surface area contributed by atoms with Crippen LogP contribution >= 0.6 is 0 Å². The lowest BCUT2D eigenvalue weighted by Gasteiger charge is -2.18. The van der Waals surface area contributed by atoms with Gasteiger partial charge in [-0.2, -0.15) is 10.5 Å². The van der Waals surface area contributed by atoms with E-state index in [4.69, 9.17) is 15.3 Å². The van der Waals surface area contributed by atoms with Crippen LogP contribution in [0.25, 0.3) is 5.57 Å². The summed E-state index contributed by atoms with van der Waals surface area (Å²) < 4.78 is 5.77. The Balaban J connectivity index is 2.56. The van der Waals surface area contributed by atoms with Crippen LogP contribution in [-0.4, -0.2) is 0 Å². The number of nitriles is 2. The van der Waals surface area contributed by atoms with Crippen LogP contribution in [0.3, 0.4) is 0 Å². The van der Waals surface area contributed by atoms with Crippen molar-refractivity contribution in [2.75, 3.05) is 0 Å². The first-order valence-corrected chi connectivity index (χ1v) is 6.37. The van der Waals surface area contributed by atoms with Crippen molar-refractivity contribution >= 4 is 5.57 Å². The number of para-hydroxylation sites is 1. The fourth-order valence-electron chi connectivity index (χ4n) is 1.88. The molecule has 2 rings (SSSR count). The van der Waals surface area contributed by atoms with E-state index in [9.17, 15) is 0 Å². The molecule has 0 aromatic heterocycles. The summed E-state index contributed by atoms with van der Waals surface area (Å²) >= 11 is 0. The van der Waals surface area contributed by atoms with Crippen LogP contribution < -0.4 is 4.74 Å². The maximum absolute atomic E-state index is 9.09. The third kappa shape index (κ3) is 2.79. The van der Waals surface area contributed by atoms with Gasteiger partial charge in [0, 0.05) is 11.1 Å². The monoisotopic (exact) mass is 262 g/mol. The van der Waals surface area contributed by atoms with E-state index in [0.29, 0.717) is 23.0 Å². The molecule has 98 valence electrons. The van der Waals surface area contributed by atoms with Gasteiger partial charge in [-0.15, -0.1) is 0 Å². The second kappa shape index (κ2) is 5.91. The Labute approximate surface area is 118 Å². The Morgan fingerprint density at radius 1 is 1.20 bits per heavy atom. The largest absolute Gasteiger partial charge is 0.457 e. The molecule has 0 unspecified atom stereocenters. The van der Waals surface area contributed by atoms with Gasteiger partial charge in [-0.25, -0.2) is 0 Å². The van der Waals surface area contributed by atoms with E-state index >= 15 is 0 Å². The van der Waals surface area contributed by atoms with E-state index in [2.05, 4.69) is 13.8 Å². The quantitative estimate of drug-likeness (QED) is 0.757. The highest BCUT2D eigenvalue weighted by Gasteiger charge is 2.18. The fraction of sp³-hybridized carbons (Fsp3) is 0.176. The second-order valence-electron chi connectivity index (χ2n) is 4.76. The van der Waals surface area contributed by atoms with Crippen LogP contribution in [0.5, 0.6) is 5.75 Å². The fourth-order valence-corrected chi connectivity index (χ4v) is 1.88. The van der Waals surface area contributed by atoms with E-state index in [-0.39, 0.29) is 5.57 Å². The third-order valence-corrected chi connectivity index (χ3v) is 2.83. The standard InChI is InChI=1S/C17H14N2O/c1-12(2)7-8-14-9-16(13(10-18)11-19)15-5-3-4-6-17(15)20-14/h3-9,12H,1-2H3/b8-7+. The van der Waals surface area contributed by atoms with E-state index < -0.39 is 0 Å². The molecule has 1 heterocycles. The molecule has 0 radical (unpaired) electrons. The molecule has 0 atom stereocenters. The number of nitrogens with zero attached hydrogens (tertiary/aromatic N) is 2. The number of allylic oxidation sites excluding steroid dienone is 5. The summed E-state index contributed by atoms with van der Waals surface area (Å²) in [6, 6.07) is 11.3. The first-order valence-electron chi connectivity index (χ1n) is 6.37. The summed E-state index contributed by atoms with van der Waals surface area (Å²) in [5, 5.41) is 18.2. The van der Waals surface area contributed by atoms with Crippen LogP contribution in [0.1, 0.15) is 19.4 Å². The molecule has 0 N–H and O–H groups in total. The highest BCUT2D eigenvalue weighted by atomic mass is 16.5. The Kier molecular flexibility index (Phi) is 4.03. The lowest BCUT2D eigenvalue weighted by atomic mass is 9.97. The molecule has 0 spiro atoms. The minimum Gasteiger partial charge on any atom is -0.457 e. The highest BCUT2D eigenvalue weighted by Crippen LogP contribution is 2.35. The molecule has 0 saturated carbocycles. The maximum atomic E-state index is 9.09. The van der Waals surface area contributed by atoms with Crippen molar-refractivity contribution in [1.82, 2.24) is 0 Å². The van der Waals surface area contributed by atoms with E-state index in [1.807, 2.05) is 48.6 Å². The molecular formula is C17H14N2O. The first-order chi connectivity index (χ1) is 9.65. The summed E-state index contributed by atoms with van der Waals surface area (Å²) in [6.45, 7) is 4.14. The zero-order chi connectivity index (χ0) is 14.5. The van der Waals surface area contributed by atoms with Gasteiger partial charge in [0.2, 0.25) is 0 Å². The molecule has 20 heavy (non-hydrogen) atoms. The molecule has 0 saturated heterocycles. The number of ether oxygens (including phenoxy) is 1. The van der Waals surface area contributed by atoms with Crippen LogP contribution in [0.15, 0.2) is 53.8 Å². The van der Waals surface area contributed by atoms with Crippen molar-refractivity contribution < 1.29 is 4.74 Å². The molecule has 1 aromatic carbocycles. The zero-order valence-electron chi connectivity index (χ0n) is 11.4. The zero-order valence-corrected chi connectivity index (χ0v) is 11.4. The Bertz CT molecular complexity index is 678. The predicted octanol–water partition coefficient (Wildman–Crippen LogP) is 3.98. The summed E-state index contributed by atoms with van der Waals surface area (Å²) in [7, 11) is 0. The lowest BCUT2D eigenvalue weighted by Crippen LogP contribution is -2.03. The van der Waals surface area contributed by atoms with Gasteiger partial charge < -0.3 is 4.74 Å². The minimum absolute atomic E-state index is 0.0937. The first kappa shape index (κ1) is 13.6. The number of benzene rings is 1. The molecular weight excluding hydrogens is 248 g/mol. The van der Waals surface area contributed by atoms with Crippen LogP contribution in [-0.2, 0) is 0 Å². The van der Waals surface area contributed by atoms with E-state index in [1.165, 1.54) is 0 Å². The molecule has 1 aromatic rings. The number of rotatable bonds is 2.